The molecule has 9 heteroatoms. The van der Waals surface area contributed by atoms with Crippen molar-refractivity contribution in [2.75, 3.05) is 6.61 Å². The third kappa shape index (κ3) is 4.54. The number of pyridine rings is 1. The standard InChI is InChI=1S/C19H14ClN3O5/c20-12-7-5-11(6-8-12)18(26)23-22-17(25)10-28-19(27)15-9-16(24)13-3-1-2-4-14(13)21-15/h1-9H,10H2,(H,21,24)(H,22,25)(H,23,26). The van der Waals surface area contributed by atoms with Gasteiger partial charge in [-0.3, -0.25) is 25.2 Å². The van der Waals surface area contributed by atoms with Crippen LogP contribution >= 0.6 is 11.6 Å². The third-order valence-corrected chi connectivity index (χ3v) is 3.97. The maximum atomic E-state index is 12.1. The number of amides is 2. The van der Waals surface area contributed by atoms with E-state index in [-0.39, 0.29) is 16.7 Å². The number of halogens is 1. The second-order valence-corrected chi connectivity index (χ2v) is 6.11. The highest BCUT2D eigenvalue weighted by Crippen LogP contribution is 2.09. The minimum Gasteiger partial charge on any atom is -0.451 e. The molecule has 0 aliphatic carbocycles. The van der Waals surface area contributed by atoms with E-state index in [0.717, 1.165) is 6.07 Å². The predicted molar refractivity (Wildman–Crippen MR) is 102 cm³/mol. The van der Waals surface area contributed by atoms with Gasteiger partial charge in [-0.2, -0.15) is 0 Å². The second-order valence-electron chi connectivity index (χ2n) is 5.68. The van der Waals surface area contributed by atoms with Crippen LogP contribution in [0.25, 0.3) is 10.9 Å². The topological polar surface area (TPSA) is 117 Å². The van der Waals surface area contributed by atoms with Crippen molar-refractivity contribution in [1.29, 1.82) is 0 Å². The van der Waals surface area contributed by atoms with Gasteiger partial charge in [0.05, 0.1) is 0 Å². The molecule has 0 saturated heterocycles. The van der Waals surface area contributed by atoms with Gasteiger partial charge in [0.1, 0.15) is 5.69 Å². The zero-order valence-electron chi connectivity index (χ0n) is 14.3. The molecule has 0 fully saturated rings. The van der Waals surface area contributed by atoms with Crippen LogP contribution in [-0.2, 0) is 9.53 Å². The number of aromatic amines is 1. The van der Waals surface area contributed by atoms with E-state index in [1.165, 1.54) is 24.3 Å². The molecular formula is C19H14ClN3O5. The Bertz CT molecular complexity index is 1110. The molecule has 2 aromatic carbocycles. The van der Waals surface area contributed by atoms with Crippen molar-refractivity contribution >= 4 is 40.3 Å². The molecule has 142 valence electrons. The summed E-state index contributed by atoms with van der Waals surface area (Å²) in [6.07, 6.45) is 0. The van der Waals surface area contributed by atoms with E-state index < -0.39 is 24.4 Å². The summed E-state index contributed by atoms with van der Waals surface area (Å²) in [4.78, 5) is 50.5. The zero-order valence-corrected chi connectivity index (χ0v) is 15.1. The summed E-state index contributed by atoms with van der Waals surface area (Å²) in [5.74, 6) is -2.18. The molecule has 8 nitrogen and oxygen atoms in total. The molecule has 0 saturated carbocycles. The molecule has 0 unspecified atom stereocenters. The Morgan fingerprint density at radius 1 is 1.00 bits per heavy atom. The van der Waals surface area contributed by atoms with E-state index in [1.54, 1.807) is 24.3 Å². The van der Waals surface area contributed by atoms with Gasteiger partial charge in [0.15, 0.2) is 12.0 Å². The number of hydrazine groups is 1. The molecule has 3 N–H and O–H groups in total. The zero-order chi connectivity index (χ0) is 20.1. The lowest BCUT2D eigenvalue weighted by Gasteiger charge is -2.08. The van der Waals surface area contributed by atoms with E-state index in [1.807, 2.05) is 0 Å². The average Bonchev–Trinajstić information content (AvgIpc) is 2.70. The minimum absolute atomic E-state index is 0.0818. The molecule has 28 heavy (non-hydrogen) atoms. The van der Waals surface area contributed by atoms with Crippen LogP contribution in [0, 0.1) is 0 Å². The molecule has 0 aliphatic rings. The SMILES string of the molecule is O=C(COC(=O)c1cc(=O)c2ccccc2[nH]1)NNC(=O)c1ccc(Cl)cc1. The van der Waals surface area contributed by atoms with E-state index >= 15 is 0 Å². The quantitative estimate of drug-likeness (QED) is 0.457. The number of carbonyl (C=O) groups is 3. The van der Waals surface area contributed by atoms with Gasteiger partial charge in [-0.05, 0) is 36.4 Å². The van der Waals surface area contributed by atoms with Crippen molar-refractivity contribution in [3.63, 3.8) is 0 Å². The van der Waals surface area contributed by atoms with Crippen LogP contribution in [0.2, 0.25) is 5.02 Å². The first-order chi connectivity index (χ1) is 13.4. The van der Waals surface area contributed by atoms with Crippen LogP contribution in [0.15, 0.2) is 59.4 Å². The lowest BCUT2D eigenvalue weighted by Crippen LogP contribution is -2.43. The summed E-state index contributed by atoms with van der Waals surface area (Å²) in [5.41, 5.74) is 4.64. The monoisotopic (exact) mass is 399 g/mol. The number of carbonyl (C=O) groups excluding carboxylic acids is 3. The van der Waals surface area contributed by atoms with Crippen molar-refractivity contribution in [2.24, 2.45) is 0 Å². The lowest BCUT2D eigenvalue weighted by atomic mass is 10.2. The Labute approximate surface area is 163 Å². The first-order valence-corrected chi connectivity index (χ1v) is 8.46. The number of rotatable bonds is 4. The van der Waals surface area contributed by atoms with Gasteiger partial charge in [-0.15, -0.1) is 0 Å². The Balaban J connectivity index is 1.54. The molecule has 2 amide bonds. The number of nitrogens with one attached hydrogen (secondary N) is 3. The van der Waals surface area contributed by atoms with Crippen LogP contribution < -0.4 is 16.3 Å². The summed E-state index contributed by atoms with van der Waals surface area (Å²) in [6.45, 7) is -0.644. The Morgan fingerprint density at radius 2 is 1.71 bits per heavy atom. The Morgan fingerprint density at radius 3 is 2.46 bits per heavy atom. The second kappa shape index (κ2) is 8.36. The maximum absolute atomic E-state index is 12.1. The molecule has 1 heterocycles. The number of esters is 1. The number of hydrogen-bond donors (Lipinski definition) is 3. The predicted octanol–water partition coefficient (Wildman–Crippen LogP) is 1.80. The van der Waals surface area contributed by atoms with Crippen molar-refractivity contribution < 1.29 is 19.1 Å². The van der Waals surface area contributed by atoms with Crippen molar-refractivity contribution in [1.82, 2.24) is 15.8 Å². The Hall–Kier alpha value is -3.65. The van der Waals surface area contributed by atoms with Crippen LogP contribution in [-0.4, -0.2) is 29.4 Å². The van der Waals surface area contributed by atoms with Gasteiger partial charge in [0.2, 0.25) is 0 Å². The number of para-hydroxylation sites is 1. The van der Waals surface area contributed by atoms with Gasteiger partial charge in [-0.25, -0.2) is 4.79 Å². The van der Waals surface area contributed by atoms with Crippen LogP contribution in [0.3, 0.4) is 0 Å². The first kappa shape index (κ1) is 19.1. The molecule has 0 radical (unpaired) electrons. The van der Waals surface area contributed by atoms with Gasteiger partial charge in [0.25, 0.3) is 11.8 Å². The van der Waals surface area contributed by atoms with Crippen LogP contribution in [0.5, 0.6) is 0 Å². The van der Waals surface area contributed by atoms with E-state index in [2.05, 4.69) is 15.8 Å². The number of fused-ring (bicyclic) bond motifs is 1. The molecule has 0 atom stereocenters. The highest BCUT2D eigenvalue weighted by atomic mass is 35.5. The first-order valence-electron chi connectivity index (χ1n) is 8.08. The molecule has 3 aromatic rings. The van der Waals surface area contributed by atoms with Crippen LogP contribution in [0.4, 0.5) is 0 Å². The summed E-state index contributed by atoms with van der Waals surface area (Å²) in [7, 11) is 0. The molecule has 1 aromatic heterocycles. The average molecular weight is 400 g/mol. The number of hydrogen-bond acceptors (Lipinski definition) is 5. The maximum Gasteiger partial charge on any atom is 0.355 e. The highest BCUT2D eigenvalue weighted by Gasteiger charge is 2.14. The fourth-order valence-corrected chi connectivity index (χ4v) is 2.48. The highest BCUT2D eigenvalue weighted by molar-refractivity contribution is 6.30. The van der Waals surface area contributed by atoms with Crippen molar-refractivity contribution in [2.45, 2.75) is 0 Å². The molecule has 3 rings (SSSR count). The fourth-order valence-electron chi connectivity index (χ4n) is 2.35. The van der Waals surface area contributed by atoms with Gasteiger partial charge >= 0.3 is 5.97 Å². The number of benzene rings is 2. The van der Waals surface area contributed by atoms with Gasteiger partial charge in [0, 0.05) is 27.6 Å². The fraction of sp³-hybridized carbons (Fsp3) is 0.0526. The smallest absolute Gasteiger partial charge is 0.355 e. The number of ether oxygens (including phenoxy) is 1. The normalized spacial score (nSPS) is 10.3. The third-order valence-electron chi connectivity index (χ3n) is 3.71. The largest absolute Gasteiger partial charge is 0.451 e. The van der Waals surface area contributed by atoms with E-state index in [4.69, 9.17) is 16.3 Å². The number of H-pyrrole nitrogens is 1. The molecule has 0 bridgehead atoms. The van der Waals surface area contributed by atoms with Crippen molar-refractivity contribution in [3.05, 3.63) is 81.1 Å². The summed E-state index contributed by atoms with van der Waals surface area (Å²) in [6, 6.07) is 13.8. The Kier molecular flexibility index (Phi) is 5.71. The van der Waals surface area contributed by atoms with E-state index in [0.29, 0.717) is 15.9 Å². The lowest BCUT2D eigenvalue weighted by molar-refractivity contribution is -0.125. The van der Waals surface area contributed by atoms with Crippen LogP contribution in [0.1, 0.15) is 20.8 Å². The summed E-state index contributed by atoms with van der Waals surface area (Å²) >= 11 is 5.74. The molecular weight excluding hydrogens is 386 g/mol. The molecule has 0 spiro atoms. The molecule has 0 aliphatic heterocycles. The minimum atomic E-state index is -0.873. The van der Waals surface area contributed by atoms with Gasteiger partial charge < -0.3 is 9.72 Å². The van der Waals surface area contributed by atoms with Gasteiger partial charge in [-0.1, -0.05) is 23.7 Å². The summed E-state index contributed by atoms with van der Waals surface area (Å²) in [5, 5.41) is 0.904. The van der Waals surface area contributed by atoms with Crippen molar-refractivity contribution in [3.8, 4) is 0 Å². The number of aromatic nitrogens is 1. The van der Waals surface area contributed by atoms with E-state index in [9.17, 15) is 19.2 Å². The summed E-state index contributed by atoms with van der Waals surface area (Å²) < 4.78 is 4.86.